The van der Waals surface area contributed by atoms with Crippen molar-refractivity contribution >= 4 is 17.5 Å². The van der Waals surface area contributed by atoms with Crippen LogP contribution in [0.2, 0.25) is 0 Å². The summed E-state index contributed by atoms with van der Waals surface area (Å²) in [5.74, 6) is -0.313. The van der Waals surface area contributed by atoms with Gasteiger partial charge in [0.05, 0.1) is 12.0 Å². The van der Waals surface area contributed by atoms with Gasteiger partial charge in [-0.1, -0.05) is 0 Å². The number of amides is 2. The van der Waals surface area contributed by atoms with Crippen LogP contribution in [-0.2, 0) is 4.79 Å². The lowest BCUT2D eigenvalue weighted by atomic mass is 10.2. The molecule has 0 unspecified atom stereocenters. The van der Waals surface area contributed by atoms with E-state index in [9.17, 15) is 9.59 Å². The molecule has 2 N–H and O–H groups in total. The van der Waals surface area contributed by atoms with Crippen LogP contribution in [0.15, 0.2) is 59.7 Å². The second-order valence-corrected chi connectivity index (χ2v) is 4.92. The predicted molar refractivity (Wildman–Crippen MR) is 85.6 cm³/mol. The highest BCUT2D eigenvalue weighted by Crippen LogP contribution is 2.12. The Bertz CT molecular complexity index is 795. The summed E-state index contributed by atoms with van der Waals surface area (Å²) in [6, 6.07) is 10.4. The van der Waals surface area contributed by atoms with Crippen LogP contribution in [0, 0.1) is 0 Å². The molecule has 8 heteroatoms. The summed E-state index contributed by atoms with van der Waals surface area (Å²) in [7, 11) is 0. The van der Waals surface area contributed by atoms with Crippen molar-refractivity contribution in [2.24, 2.45) is 0 Å². The van der Waals surface area contributed by atoms with Gasteiger partial charge in [-0.25, -0.2) is 9.67 Å². The zero-order valence-corrected chi connectivity index (χ0v) is 12.7. The first-order valence-electron chi connectivity index (χ1n) is 7.29. The first-order chi connectivity index (χ1) is 11.7. The van der Waals surface area contributed by atoms with E-state index in [0.29, 0.717) is 5.69 Å². The van der Waals surface area contributed by atoms with Gasteiger partial charge in [0.2, 0.25) is 5.91 Å². The van der Waals surface area contributed by atoms with Gasteiger partial charge in [0.25, 0.3) is 5.91 Å². The maximum Gasteiger partial charge on any atom is 0.286 e. The van der Waals surface area contributed by atoms with E-state index in [1.807, 2.05) is 12.1 Å². The number of carbonyl (C=O) groups excluding carboxylic acids is 2. The molecule has 0 radical (unpaired) electrons. The second-order valence-electron chi connectivity index (χ2n) is 4.92. The molecule has 0 aliphatic heterocycles. The standard InChI is InChI=1S/C16H15N5O3/c22-15(7-8-18-16(23)14-2-1-9-24-14)20-12-3-5-13(6-4-12)21-11-17-10-19-21/h1-6,9-11H,7-8H2,(H,18,23)(H,20,22). The number of rotatable bonds is 6. The van der Waals surface area contributed by atoms with Gasteiger partial charge in [0, 0.05) is 18.7 Å². The van der Waals surface area contributed by atoms with Crippen LogP contribution in [-0.4, -0.2) is 33.1 Å². The van der Waals surface area contributed by atoms with Crippen molar-refractivity contribution in [3.63, 3.8) is 0 Å². The Morgan fingerprint density at radius 1 is 1.17 bits per heavy atom. The summed E-state index contributed by atoms with van der Waals surface area (Å²) in [6.07, 6.45) is 4.63. The number of hydrogen-bond donors (Lipinski definition) is 2. The third-order valence-corrected chi connectivity index (χ3v) is 3.22. The smallest absolute Gasteiger partial charge is 0.286 e. The Hall–Kier alpha value is -3.42. The van der Waals surface area contributed by atoms with Crippen molar-refractivity contribution < 1.29 is 14.0 Å². The Labute approximate surface area is 137 Å². The highest BCUT2D eigenvalue weighted by Gasteiger charge is 2.09. The molecule has 0 saturated carbocycles. The number of hydrogen-bond acceptors (Lipinski definition) is 5. The van der Waals surface area contributed by atoms with E-state index >= 15 is 0 Å². The largest absolute Gasteiger partial charge is 0.459 e. The third kappa shape index (κ3) is 3.86. The molecule has 0 aliphatic rings. The van der Waals surface area contributed by atoms with Gasteiger partial charge in [-0.05, 0) is 36.4 Å². The van der Waals surface area contributed by atoms with E-state index in [0.717, 1.165) is 5.69 Å². The van der Waals surface area contributed by atoms with Gasteiger partial charge < -0.3 is 15.1 Å². The van der Waals surface area contributed by atoms with Gasteiger partial charge in [0.1, 0.15) is 12.7 Å². The van der Waals surface area contributed by atoms with Crippen LogP contribution >= 0.6 is 0 Å². The fourth-order valence-electron chi connectivity index (χ4n) is 2.05. The van der Waals surface area contributed by atoms with Crippen LogP contribution < -0.4 is 10.6 Å². The van der Waals surface area contributed by atoms with Crippen LogP contribution in [0.5, 0.6) is 0 Å². The normalized spacial score (nSPS) is 10.3. The molecule has 24 heavy (non-hydrogen) atoms. The maximum atomic E-state index is 11.9. The van der Waals surface area contributed by atoms with Gasteiger partial charge in [-0.3, -0.25) is 9.59 Å². The quantitative estimate of drug-likeness (QED) is 0.717. The van der Waals surface area contributed by atoms with Gasteiger partial charge in [-0.15, -0.1) is 0 Å². The summed E-state index contributed by atoms with van der Waals surface area (Å²) in [4.78, 5) is 27.4. The third-order valence-electron chi connectivity index (χ3n) is 3.22. The number of aromatic nitrogens is 3. The summed E-state index contributed by atoms with van der Waals surface area (Å²) in [6.45, 7) is 0.225. The van der Waals surface area contributed by atoms with Crippen molar-refractivity contribution in [2.75, 3.05) is 11.9 Å². The van der Waals surface area contributed by atoms with Crippen LogP contribution in [0.4, 0.5) is 5.69 Å². The maximum absolute atomic E-state index is 11.9. The summed E-state index contributed by atoms with van der Waals surface area (Å²) in [5.41, 5.74) is 1.51. The average Bonchev–Trinajstić information content (AvgIpc) is 3.29. The molecule has 2 heterocycles. The lowest BCUT2D eigenvalue weighted by molar-refractivity contribution is -0.116. The molecule has 0 bridgehead atoms. The Kier molecular flexibility index (Phi) is 4.66. The number of furan rings is 1. The number of nitrogens with zero attached hydrogens (tertiary/aromatic N) is 3. The molecule has 3 rings (SSSR count). The number of nitrogens with one attached hydrogen (secondary N) is 2. The van der Waals surface area contributed by atoms with Crippen LogP contribution in [0.3, 0.4) is 0 Å². The molecule has 2 amide bonds. The topological polar surface area (TPSA) is 102 Å². The van der Waals surface area contributed by atoms with Crippen molar-refractivity contribution in [2.45, 2.75) is 6.42 Å². The number of benzene rings is 1. The molecular formula is C16H15N5O3. The molecule has 8 nitrogen and oxygen atoms in total. The molecule has 0 aliphatic carbocycles. The van der Waals surface area contributed by atoms with E-state index in [4.69, 9.17) is 4.42 Å². The Morgan fingerprint density at radius 3 is 2.67 bits per heavy atom. The van der Waals surface area contributed by atoms with E-state index in [1.54, 1.807) is 35.3 Å². The minimum absolute atomic E-state index is 0.164. The van der Waals surface area contributed by atoms with Gasteiger partial charge >= 0.3 is 0 Å². The van der Waals surface area contributed by atoms with Crippen LogP contribution in [0.25, 0.3) is 5.69 Å². The summed E-state index contributed by atoms with van der Waals surface area (Å²) >= 11 is 0. The van der Waals surface area contributed by atoms with Gasteiger partial charge in [0.15, 0.2) is 5.76 Å². The van der Waals surface area contributed by atoms with Crippen molar-refractivity contribution in [1.29, 1.82) is 0 Å². The molecule has 3 aromatic rings. The van der Waals surface area contributed by atoms with Gasteiger partial charge in [-0.2, -0.15) is 5.10 Å². The van der Waals surface area contributed by atoms with E-state index < -0.39 is 0 Å². The summed E-state index contributed by atoms with van der Waals surface area (Å²) < 4.78 is 6.59. The predicted octanol–water partition coefficient (Wildman–Crippen LogP) is 1.62. The van der Waals surface area contributed by atoms with E-state index in [-0.39, 0.29) is 30.5 Å². The fourth-order valence-corrected chi connectivity index (χ4v) is 2.05. The Morgan fingerprint density at radius 2 is 2.00 bits per heavy atom. The van der Waals surface area contributed by atoms with Crippen LogP contribution in [0.1, 0.15) is 17.0 Å². The van der Waals surface area contributed by atoms with Crippen molar-refractivity contribution in [1.82, 2.24) is 20.1 Å². The highest BCUT2D eigenvalue weighted by atomic mass is 16.3. The molecule has 0 spiro atoms. The zero-order valence-electron chi connectivity index (χ0n) is 12.7. The van der Waals surface area contributed by atoms with Crippen molar-refractivity contribution in [3.8, 4) is 5.69 Å². The molecular weight excluding hydrogens is 310 g/mol. The SMILES string of the molecule is O=C(CCNC(=O)c1ccco1)Nc1ccc(-n2cncn2)cc1. The fraction of sp³-hybridized carbons (Fsp3) is 0.125. The van der Waals surface area contributed by atoms with E-state index in [2.05, 4.69) is 20.7 Å². The first kappa shape index (κ1) is 15.5. The molecule has 1 aromatic carbocycles. The molecule has 2 aromatic heterocycles. The zero-order chi connectivity index (χ0) is 16.8. The molecule has 0 atom stereocenters. The highest BCUT2D eigenvalue weighted by molar-refractivity contribution is 5.93. The van der Waals surface area contributed by atoms with E-state index in [1.165, 1.54) is 12.6 Å². The monoisotopic (exact) mass is 325 g/mol. The lowest BCUT2D eigenvalue weighted by Crippen LogP contribution is -2.27. The first-order valence-corrected chi connectivity index (χ1v) is 7.29. The lowest BCUT2D eigenvalue weighted by Gasteiger charge is -2.07. The second kappa shape index (κ2) is 7.23. The number of anilines is 1. The average molecular weight is 325 g/mol. The number of carbonyl (C=O) groups is 2. The van der Waals surface area contributed by atoms with Crippen molar-refractivity contribution in [3.05, 3.63) is 61.1 Å². The minimum Gasteiger partial charge on any atom is -0.459 e. The molecule has 0 fully saturated rings. The summed E-state index contributed by atoms with van der Waals surface area (Å²) in [5, 5.41) is 9.41. The molecule has 0 saturated heterocycles. The molecule has 122 valence electrons. The minimum atomic E-state index is -0.343. The Balaban J connectivity index is 1.46.